The van der Waals surface area contributed by atoms with Crippen molar-refractivity contribution in [1.82, 2.24) is 0 Å². The molecule has 1 unspecified atom stereocenters. The van der Waals surface area contributed by atoms with E-state index in [1.54, 1.807) is 36.1 Å². The molecule has 6 heteroatoms. The van der Waals surface area contributed by atoms with E-state index in [4.69, 9.17) is 21.1 Å². The van der Waals surface area contributed by atoms with Crippen LogP contribution in [-0.2, 0) is 14.3 Å². The van der Waals surface area contributed by atoms with Gasteiger partial charge in [0.15, 0.2) is 6.61 Å². The van der Waals surface area contributed by atoms with Crippen molar-refractivity contribution in [2.24, 2.45) is 0 Å². The second-order valence-corrected chi connectivity index (χ2v) is 6.17. The van der Waals surface area contributed by atoms with E-state index in [-0.39, 0.29) is 37.6 Å². The van der Waals surface area contributed by atoms with E-state index in [2.05, 4.69) is 0 Å². The Labute approximate surface area is 151 Å². The fourth-order valence-electron chi connectivity index (χ4n) is 2.66. The molecule has 0 radical (unpaired) electrons. The first-order chi connectivity index (χ1) is 12.0. The molecule has 1 atom stereocenters. The molecule has 1 aliphatic heterocycles. The minimum absolute atomic E-state index is 0.0206. The monoisotopic (exact) mass is 359 g/mol. The van der Waals surface area contributed by atoms with Crippen molar-refractivity contribution >= 4 is 29.2 Å². The number of ether oxygens (including phenoxy) is 2. The van der Waals surface area contributed by atoms with Gasteiger partial charge in [-0.05, 0) is 36.8 Å². The molecular weight excluding hydrogens is 342 g/mol. The Morgan fingerprint density at radius 3 is 2.72 bits per heavy atom. The van der Waals surface area contributed by atoms with E-state index < -0.39 is 0 Å². The Hall–Kier alpha value is -2.53. The Bertz CT molecular complexity index is 775. The van der Waals surface area contributed by atoms with Gasteiger partial charge in [0.25, 0.3) is 5.91 Å². The first-order valence-electron chi connectivity index (χ1n) is 8.02. The highest BCUT2D eigenvalue weighted by molar-refractivity contribution is 6.30. The summed E-state index contributed by atoms with van der Waals surface area (Å²) in [5, 5.41) is 0.631. The second kappa shape index (κ2) is 7.57. The maximum Gasteiger partial charge on any atom is 0.308 e. The van der Waals surface area contributed by atoms with Crippen LogP contribution in [0.2, 0.25) is 5.02 Å². The summed E-state index contributed by atoms with van der Waals surface area (Å²) in [6.07, 6.45) is -0.268. The van der Waals surface area contributed by atoms with Crippen LogP contribution in [0, 0.1) is 0 Å². The number of carbonyl (C=O) groups excluding carboxylic acids is 2. The fraction of sp³-hybridized carbons (Fsp3) is 0.263. The summed E-state index contributed by atoms with van der Waals surface area (Å²) >= 11 is 5.86. The third kappa shape index (κ3) is 4.12. The number of halogens is 1. The van der Waals surface area contributed by atoms with E-state index in [0.717, 1.165) is 5.56 Å². The Balaban J connectivity index is 1.59. The number of benzene rings is 2. The third-order valence-corrected chi connectivity index (χ3v) is 4.25. The largest absolute Gasteiger partial charge is 0.482 e. The molecule has 2 aromatic rings. The number of rotatable bonds is 5. The zero-order valence-corrected chi connectivity index (χ0v) is 14.5. The number of nitrogens with zero attached hydrogens (tertiary/aromatic N) is 1. The molecule has 0 spiro atoms. The molecule has 0 aliphatic carbocycles. The molecule has 3 rings (SSSR count). The summed E-state index contributed by atoms with van der Waals surface area (Å²) in [5.41, 5.74) is 1.54. The SMILES string of the molecule is CC(OC(=O)CCN1C(=O)COc2ccccc21)c1ccc(Cl)cc1. The van der Waals surface area contributed by atoms with E-state index in [1.165, 1.54) is 0 Å². The first kappa shape index (κ1) is 17.3. The van der Waals surface area contributed by atoms with Crippen molar-refractivity contribution in [2.75, 3.05) is 18.1 Å². The molecule has 0 aromatic heterocycles. The molecule has 0 bridgehead atoms. The summed E-state index contributed by atoms with van der Waals surface area (Å²) < 4.78 is 10.8. The average molecular weight is 360 g/mol. The first-order valence-corrected chi connectivity index (χ1v) is 8.39. The van der Waals surface area contributed by atoms with Gasteiger partial charge in [-0.3, -0.25) is 9.59 Å². The number of hydrogen-bond acceptors (Lipinski definition) is 4. The van der Waals surface area contributed by atoms with Crippen LogP contribution in [0.15, 0.2) is 48.5 Å². The number of anilines is 1. The predicted molar refractivity (Wildman–Crippen MR) is 94.9 cm³/mol. The Morgan fingerprint density at radius 1 is 1.24 bits per heavy atom. The molecule has 5 nitrogen and oxygen atoms in total. The number of fused-ring (bicyclic) bond motifs is 1. The van der Waals surface area contributed by atoms with Crippen molar-refractivity contribution < 1.29 is 19.1 Å². The van der Waals surface area contributed by atoms with Crippen LogP contribution in [0.4, 0.5) is 5.69 Å². The van der Waals surface area contributed by atoms with Crippen LogP contribution in [0.3, 0.4) is 0 Å². The van der Waals surface area contributed by atoms with Crippen LogP contribution in [0.25, 0.3) is 0 Å². The lowest BCUT2D eigenvalue weighted by Gasteiger charge is -2.29. The van der Waals surface area contributed by atoms with Gasteiger partial charge < -0.3 is 14.4 Å². The zero-order valence-electron chi connectivity index (χ0n) is 13.8. The van der Waals surface area contributed by atoms with Crippen LogP contribution in [0.5, 0.6) is 5.75 Å². The number of para-hydroxylation sites is 2. The van der Waals surface area contributed by atoms with Crippen LogP contribution >= 0.6 is 11.6 Å². The number of carbonyl (C=O) groups is 2. The van der Waals surface area contributed by atoms with E-state index >= 15 is 0 Å². The average Bonchev–Trinajstić information content (AvgIpc) is 2.61. The van der Waals surface area contributed by atoms with Crippen molar-refractivity contribution in [3.05, 3.63) is 59.1 Å². The molecule has 1 aliphatic rings. The summed E-state index contributed by atoms with van der Waals surface area (Å²) in [6, 6.07) is 14.4. The molecule has 0 saturated heterocycles. The highest BCUT2D eigenvalue weighted by Gasteiger charge is 2.25. The standard InChI is InChI=1S/C19H18ClNO4/c1-13(14-6-8-15(20)9-7-14)25-19(23)10-11-21-16-4-2-3-5-17(16)24-12-18(21)22/h2-9,13H,10-12H2,1H3. The summed E-state index contributed by atoms with van der Waals surface area (Å²) in [6.45, 7) is 2.04. The molecule has 130 valence electrons. The molecule has 2 aromatic carbocycles. The summed E-state index contributed by atoms with van der Waals surface area (Å²) in [7, 11) is 0. The van der Waals surface area contributed by atoms with Gasteiger partial charge in [0.1, 0.15) is 11.9 Å². The summed E-state index contributed by atoms with van der Waals surface area (Å²) in [4.78, 5) is 25.8. The quantitative estimate of drug-likeness (QED) is 0.763. The van der Waals surface area contributed by atoms with Gasteiger partial charge in [0.05, 0.1) is 12.1 Å². The third-order valence-electron chi connectivity index (χ3n) is 4.00. The van der Waals surface area contributed by atoms with E-state index in [0.29, 0.717) is 16.5 Å². The van der Waals surface area contributed by atoms with Crippen LogP contribution in [0.1, 0.15) is 25.0 Å². The maximum atomic E-state index is 12.1. The predicted octanol–water partition coefficient (Wildman–Crippen LogP) is 3.76. The topological polar surface area (TPSA) is 55.8 Å². The lowest BCUT2D eigenvalue weighted by Crippen LogP contribution is -2.40. The van der Waals surface area contributed by atoms with Gasteiger partial charge in [-0.15, -0.1) is 0 Å². The fourth-order valence-corrected chi connectivity index (χ4v) is 2.79. The zero-order chi connectivity index (χ0) is 17.8. The maximum absolute atomic E-state index is 12.1. The number of hydrogen-bond donors (Lipinski definition) is 0. The Kier molecular flexibility index (Phi) is 5.24. The lowest BCUT2D eigenvalue weighted by molar-refractivity contribution is -0.148. The van der Waals surface area contributed by atoms with Crippen molar-refractivity contribution in [1.29, 1.82) is 0 Å². The number of amides is 1. The van der Waals surface area contributed by atoms with Gasteiger partial charge in [0, 0.05) is 11.6 Å². The van der Waals surface area contributed by atoms with E-state index in [9.17, 15) is 9.59 Å². The van der Waals surface area contributed by atoms with E-state index in [1.807, 2.05) is 24.3 Å². The van der Waals surface area contributed by atoms with Gasteiger partial charge in [0.2, 0.25) is 0 Å². The van der Waals surface area contributed by atoms with Crippen LogP contribution in [-0.4, -0.2) is 25.0 Å². The molecular formula is C19H18ClNO4. The minimum Gasteiger partial charge on any atom is -0.482 e. The molecule has 0 saturated carbocycles. The van der Waals surface area contributed by atoms with Gasteiger partial charge in [-0.2, -0.15) is 0 Å². The number of esters is 1. The molecule has 1 amide bonds. The lowest BCUT2D eigenvalue weighted by atomic mass is 10.1. The molecule has 0 N–H and O–H groups in total. The van der Waals surface area contributed by atoms with Gasteiger partial charge >= 0.3 is 5.97 Å². The minimum atomic E-state index is -0.377. The molecule has 25 heavy (non-hydrogen) atoms. The normalized spacial score (nSPS) is 14.5. The highest BCUT2D eigenvalue weighted by atomic mass is 35.5. The molecule has 0 fully saturated rings. The van der Waals surface area contributed by atoms with Gasteiger partial charge in [-0.25, -0.2) is 0 Å². The van der Waals surface area contributed by atoms with Crippen molar-refractivity contribution in [2.45, 2.75) is 19.4 Å². The highest BCUT2D eigenvalue weighted by Crippen LogP contribution is 2.31. The Morgan fingerprint density at radius 2 is 1.96 bits per heavy atom. The van der Waals surface area contributed by atoms with Crippen molar-refractivity contribution in [3.8, 4) is 5.75 Å². The van der Waals surface area contributed by atoms with Crippen LogP contribution < -0.4 is 9.64 Å². The van der Waals surface area contributed by atoms with Crippen molar-refractivity contribution in [3.63, 3.8) is 0 Å². The smallest absolute Gasteiger partial charge is 0.308 e. The van der Waals surface area contributed by atoms with Gasteiger partial charge in [-0.1, -0.05) is 35.9 Å². The second-order valence-electron chi connectivity index (χ2n) is 5.74. The molecule has 1 heterocycles. The summed E-state index contributed by atoms with van der Waals surface area (Å²) in [5.74, 6) is 0.112.